The Morgan fingerprint density at radius 3 is 2.06 bits per heavy atom. The molecule has 0 amide bonds. The van der Waals surface area contributed by atoms with E-state index < -0.39 is 0 Å². The van der Waals surface area contributed by atoms with Gasteiger partial charge in [-0.25, -0.2) is 0 Å². The van der Waals surface area contributed by atoms with Crippen LogP contribution in [0.25, 0.3) is 6.08 Å². The van der Waals surface area contributed by atoms with E-state index in [9.17, 15) is 0 Å². The van der Waals surface area contributed by atoms with Gasteiger partial charge in [0.1, 0.15) is 4.99 Å². The largest absolute Gasteiger partial charge is 0.358 e. The Kier molecular flexibility index (Phi) is 5.36. The van der Waals surface area contributed by atoms with Crippen LogP contribution in [0.5, 0.6) is 0 Å². The van der Waals surface area contributed by atoms with Crippen LogP contribution in [0, 0.1) is 0 Å². The van der Waals surface area contributed by atoms with E-state index in [1.54, 1.807) is 0 Å². The van der Waals surface area contributed by atoms with Crippen LogP contribution in [0.15, 0.2) is 36.4 Å². The maximum atomic E-state index is 5.47. The van der Waals surface area contributed by atoms with Gasteiger partial charge in [-0.05, 0) is 39.3 Å². The second-order valence-electron chi connectivity index (χ2n) is 4.68. The van der Waals surface area contributed by atoms with Gasteiger partial charge in [0.15, 0.2) is 0 Å². The summed E-state index contributed by atoms with van der Waals surface area (Å²) in [5.74, 6) is 0. The molecule has 0 aliphatic carbocycles. The Hall–Kier alpha value is -1.15. The highest BCUT2D eigenvalue weighted by Gasteiger charge is 2.14. The van der Waals surface area contributed by atoms with E-state index in [0.717, 1.165) is 4.99 Å². The Labute approximate surface area is 110 Å². The van der Waals surface area contributed by atoms with Gasteiger partial charge in [-0.15, -0.1) is 0 Å². The zero-order chi connectivity index (χ0) is 12.8. The molecular weight excluding hydrogens is 226 g/mol. The van der Waals surface area contributed by atoms with Crippen LogP contribution in [0.4, 0.5) is 0 Å². The van der Waals surface area contributed by atoms with Crippen molar-refractivity contribution in [2.45, 2.75) is 39.8 Å². The van der Waals surface area contributed by atoms with Crippen molar-refractivity contribution < 1.29 is 0 Å². The Bertz CT molecular complexity index is 371. The summed E-state index contributed by atoms with van der Waals surface area (Å²) < 4.78 is 0. The molecule has 17 heavy (non-hydrogen) atoms. The summed E-state index contributed by atoms with van der Waals surface area (Å²) in [6.07, 6.45) is 4.09. The van der Waals surface area contributed by atoms with Gasteiger partial charge in [-0.3, -0.25) is 0 Å². The first-order valence-electron chi connectivity index (χ1n) is 6.07. The van der Waals surface area contributed by atoms with Crippen molar-refractivity contribution in [2.24, 2.45) is 0 Å². The van der Waals surface area contributed by atoms with Crippen LogP contribution in [0.2, 0.25) is 0 Å². The molecule has 1 nitrogen and oxygen atoms in total. The Balaban J connectivity index is 2.74. The molecule has 1 aromatic carbocycles. The highest BCUT2D eigenvalue weighted by Crippen LogP contribution is 2.09. The van der Waals surface area contributed by atoms with Crippen LogP contribution >= 0.6 is 12.2 Å². The molecule has 1 rings (SSSR count). The normalized spacial score (nSPS) is 11.4. The molecule has 0 heterocycles. The van der Waals surface area contributed by atoms with E-state index in [1.807, 2.05) is 24.3 Å². The number of nitrogens with zero attached hydrogens (tertiary/aromatic N) is 1. The summed E-state index contributed by atoms with van der Waals surface area (Å²) in [5.41, 5.74) is 1.18. The summed E-state index contributed by atoms with van der Waals surface area (Å²) in [5, 5.41) is 0. The molecule has 0 bridgehead atoms. The smallest absolute Gasteiger partial charge is 0.102 e. The van der Waals surface area contributed by atoms with Crippen LogP contribution in [-0.4, -0.2) is 22.0 Å². The average molecular weight is 247 g/mol. The highest BCUT2D eigenvalue weighted by molar-refractivity contribution is 7.80. The van der Waals surface area contributed by atoms with E-state index in [-0.39, 0.29) is 0 Å². The molecule has 0 saturated heterocycles. The van der Waals surface area contributed by atoms with Crippen molar-refractivity contribution in [3.8, 4) is 0 Å². The summed E-state index contributed by atoms with van der Waals surface area (Å²) in [7, 11) is 0. The fraction of sp³-hybridized carbons (Fsp3) is 0.400. The molecule has 0 radical (unpaired) electrons. The van der Waals surface area contributed by atoms with E-state index in [2.05, 4.69) is 50.8 Å². The third kappa shape index (κ3) is 4.31. The van der Waals surface area contributed by atoms with Crippen molar-refractivity contribution >= 4 is 23.3 Å². The third-order valence-corrected chi connectivity index (χ3v) is 2.93. The van der Waals surface area contributed by atoms with E-state index >= 15 is 0 Å². The molecule has 1 aromatic rings. The van der Waals surface area contributed by atoms with Crippen molar-refractivity contribution in [1.82, 2.24) is 4.90 Å². The lowest BCUT2D eigenvalue weighted by molar-refractivity contribution is 0.299. The minimum Gasteiger partial charge on any atom is -0.358 e. The second-order valence-corrected chi connectivity index (χ2v) is 5.10. The van der Waals surface area contributed by atoms with Crippen LogP contribution < -0.4 is 0 Å². The first-order valence-corrected chi connectivity index (χ1v) is 6.48. The molecule has 0 spiro atoms. The lowest BCUT2D eigenvalue weighted by Crippen LogP contribution is -2.40. The number of hydrogen-bond acceptors (Lipinski definition) is 1. The first-order chi connectivity index (χ1) is 8.02. The summed E-state index contributed by atoms with van der Waals surface area (Å²) in [6.45, 7) is 8.68. The predicted molar refractivity (Wildman–Crippen MR) is 80.2 cm³/mol. The van der Waals surface area contributed by atoms with Crippen molar-refractivity contribution in [3.63, 3.8) is 0 Å². The number of hydrogen-bond donors (Lipinski definition) is 0. The first kappa shape index (κ1) is 13.9. The monoisotopic (exact) mass is 247 g/mol. The summed E-state index contributed by atoms with van der Waals surface area (Å²) in [4.78, 5) is 3.15. The lowest BCUT2D eigenvalue weighted by Gasteiger charge is -2.32. The Morgan fingerprint density at radius 2 is 1.59 bits per heavy atom. The number of benzene rings is 1. The van der Waals surface area contributed by atoms with Gasteiger partial charge in [0, 0.05) is 12.1 Å². The van der Waals surface area contributed by atoms with E-state index in [0.29, 0.717) is 12.1 Å². The van der Waals surface area contributed by atoms with Gasteiger partial charge in [-0.1, -0.05) is 48.6 Å². The minimum absolute atomic E-state index is 0.433. The average Bonchev–Trinajstić information content (AvgIpc) is 2.27. The molecule has 0 aliphatic heterocycles. The quantitative estimate of drug-likeness (QED) is 0.581. The molecule has 0 saturated carbocycles. The lowest BCUT2D eigenvalue weighted by atomic mass is 10.2. The fourth-order valence-electron chi connectivity index (χ4n) is 1.92. The topological polar surface area (TPSA) is 3.24 Å². The maximum Gasteiger partial charge on any atom is 0.102 e. The molecule has 2 heteroatoms. The van der Waals surface area contributed by atoms with E-state index in [1.165, 1.54) is 5.56 Å². The van der Waals surface area contributed by atoms with Gasteiger partial charge in [-0.2, -0.15) is 0 Å². The Morgan fingerprint density at radius 1 is 1.06 bits per heavy atom. The number of rotatable bonds is 4. The molecule has 0 N–H and O–H groups in total. The molecule has 92 valence electrons. The molecule has 0 aliphatic rings. The standard InChI is InChI=1S/C15H21NS/c1-12(2)16(13(3)4)15(17)11-10-14-8-6-5-7-9-14/h5-13H,1-4H3/b11-10+. The van der Waals surface area contributed by atoms with Gasteiger partial charge in [0.2, 0.25) is 0 Å². The fourth-order valence-corrected chi connectivity index (χ4v) is 2.41. The zero-order valence-electron chi connectivity index (χ0n) is 11.1. The maximum absolute atomic E-state index is 5.47. The zero-order valence-corrected chi connectivity index (χ0v) is 11.9. The molecule has 0 atom stereocenters. The van der Waals surface area contributed by atoms with Crippen molar-refractivity contribution in [2.75, 3.05) is 0 Å². The molecule has 0 aromatic heterocycles. The van der Waals surface area contributed by atoms with Crippen LogP contribution in [0.3, 0.4) is 0 Å². The van der Waals surface area contributed by atoms with Gasteiger partial charge >= 0.3 is 0 Å². The van der Waals surface area contributed by atoms with E-state index in [4.69, 9.17) is 12.2 Å². The SMILES string of the molecule is CC(C)N(C(=S)/C=C/c1ccccc1)C(C)C. The van der Waals surface area contributed by atoms with Gasteiger partial charge in [0.25, 0.3) is 0 Å². The third-order valence-electron chi connectivity index (χ3n) is 2.59. The van der Waals surface area contributed by atoms with Gasteiger partial charge in [0.05, 0.1) is 0 Å². The van der Waals surface area contributed by atoms with Gasteiger partial charge < -0.3 is 4.90 Å². The van der Waals surface area contributed by atoms with Crippen LogP contribution in [0.1, 0.15) is 33.3 Å². The van der Waals surface area contributed by atoms with Crippen molar-refractivity contribution in [3.05, 3.63) is 42.0 Å². The molecule has 0 unspecified atom stereocenters. The highest BCUT2D eigenvalue weighted by atomic mass is 32.1. The van der Waals surface area contributed by atoms with Crippen molar-refractivity contribution in [1.29, 1.82) is 0 Å². The molecule has 0 fully saturated rings. The minimum atomic E-state index is 0.433. The second kappa shape index (κ2) is 6.55. The predicted octanol–water partition coefficient (Wildman–Crippen LogP) is 4.15. The summed E-state index contributed by atoms with van der Waals surface area (Å²) in [6, 6.07) is 11.1. The summed E-state index contributed by atoms with van der Waals surface area (Å²) >= 11 is 5.47. The number of thiocarbonyl (C=S) groups is 1. The molecular formula is C15H21NS. The van der Waals surface area contributed by atoms with Crippen LogP contribution in [-0.2, 0) is 0 Å².